The summed E-state index contributed by atoms with van der Waals surface area (Å²) in [7, 11) is 0. The van der Waals surface area contributed by atoms with Gasteiger partial charge in [0.05, 0.1) is 12.6 Å². The Morgan fingerprint density at radius 2 is 2.17 bits per heavy atom. The van der Waals surface area contributed by atoms with Crippen molar-refractivity contribution in [3.8, 4) is 0 Å². The van der Waals surface area contributed by atoms with Gasteiger partial charge in [-0.15, -0.1) is 0 Å². The molecule has 0 spiro atoms. The zero-order valence-electron chi connectivity index (χ0n) is 16.2. The predicted octanol–water partition coefficient (Wildman–Crippen LogP) is 3.46. The van der Waals surface area contributed by atoms with Crippen LogP contribution in [0, 0.1) is 6.92 Å². The van der Waals surface area contributed by atoms with Crippen molar-refractivity contribution in [2.75, 3.05) is 11.9 Å². The average Bonchev–Trinajstić information content (AvgIpc) is 3.35. The van der Waals surface area contributed by atoms with Crippen molar-refractivity contribution in [1.29, 1.82) is 0 Å². The van der Waals surface area contributed by atoms with Gasteiger partial charge in [-0.1, -0.05) is 0 Å². The van der Waals surface area contributed by atoms with Crippen molar-refractivity contribution >= 4 is 17.8 Å². The van der Waals surface area contributed by atoms with Gasteiger partial charge >= 0.3 is 12.3 Å². The minimum absolute atomic E-state index is 0.0473. The van der Waals surface area contributed by atoms with E-state index in [1.165, 1.54) is 6.20 Å². The van der Waals surface area contributed by atoms with E-state index >= 15 is 0 Å². The summed E-state index contributed by atoms with van der Waals surface area (Å²) in [5.41, 5.74) is 0.695. The lowest BCUT2D eigenvalue weighted by molar-refractivity contribution is -0.137. The number of anilines is 1. The second-order valence-electron chi connectivity index (χ2n) is 7.30. The highest BCUT2D eigenvalue weighted by molar-refractivity contribution is 5.90. The number of carbonyl (C=O) groups is 2. The summed E-state index contributed by atoms with van der Waals surface area (Å²) in [5.74, 6) is 0.737. The van der Waals surface area contributed by atoms with Crippen LogP contribution in [0.4, 0.5) is 23.8 Å². The van der Waals surface area contributed by atoms with Gasteiger partial charge in [0.1, 0.15) is 12.2 Å². The van der Waals surface area contributed by atoms with Crippen molar-refractivity contribution in [2.45, 2.75) is 57.2 Å². The van der Waals surface area contributed by atoms with Crippen LogP contribution < -0.4 is 5.32 Å². The molecule has 2 aromatic heterocycles. The minimum atomic E-state index is -4.41. The molecule has 2 aromatic rings. The Labute approximate surface area is 169 Å². The molecule has 9 nitrogen and oxygen atoms in total. The van der Waals surface area contributed by atoms with Crippen LogP contribution in [-0.4, -0.2) is 56.0 Å². The Hall–Kier alpha value is -3.05. The van der Waals surface area contributed by atoms with Gasteiger partial charge < -0.3 is 19.7 Å². The molecule has 30 heavy (non-hydrogen) atoms. The lowest BCUT2D eigenvalue weighted by atomic mass is 10.0. The van der Waals surface area contributed by atoms with Crippen LogP contribution in [0.15, 0.2) is 16.7 Å². The van der Waals surface area contributed by atoms with E-state index in [1.54, 1.807) is 13.0 Å². The second kappa shape index (κ2) is 8.76. The van der Waals surface area contributed by atoms with Gasteiger partial charge in [-0.05, 0) is 26.2 Å². The molecule has 2 unspecified atom stereocenters. The Morgan fingerprint density at radius 1 is 1.40 bits per heavy atom. The molecule has 3 N–H and O–H groups in total. The molecule has 3 rings (SSSR count). The summed E-state index contributed by atoms with van der Waals surface area (Å²) in [4.78, 5) is 28.3. The fourth-order valence-corrected chi connectivity index (χ4v) is 3.62. The Balaban J connectivity index is 1.55. The SMILES string of the molecule is Cc1cnc(CC(=O)Nc2cc(C3CCC(N(CCC(F)(F)F)C(=O)O)C3)[nH]n2)o1. The summed E-state index contributed by atoms with van der Waals surface area (Å²) < 4.78 is 42.7. The molecular formula is C18H22F3N5O4. The van der Waals surface area contributed by atoms with Gasteiger partial charge in [-0.25, -0.2) is 9.78 Å². The first-order valence-electron chi connectivity index (χ1n) is 9.43. The number of hydrogen-bond donors (Lipinski definition) is 3. The zero-order chi connectivity index (χ0) is 21.9. The molecule has 12 heteroatoms. The summed E-state index contributed by atoms with van der Waals surface area (Å²) in [5, 5.41) is 18.8. The van der Waals surface area contributed by atoms with Crippen molar-refractivity contribution in [2.24, 2.45) is 0 Å². The monoisotopic (exact) mass is 429 g/mol. The number of rotatable bonds is 7. The number of aryl methyl sites for hydroxylation is 1. The van der Waals surface area contributed by atoms with E-state index in [9.17, 15) is 27.9 Å². The van der Waals surface area contributed by atoms with Crippen LogP contribution in [0.3, 0.4) is 0 Å². The summed E-state index contributed by atoms with van der Waals surface area (Å²) in [6, 6.07) is 1.15. The number of hydrogen-bond acceptors (Lipinski definition) is 5. The third kappa shape index (κ3) is 5.74. The van der Waals surface area contributed by atoms with Crippen molar-refractivity contribution < 1.29 is 32.3 Å². The van der Waals surface area contributed by atoms with E-state index in [0.717, 1.165) is 4.90 Å². The first kappa shape index (κ1) is 21.7. The molecule has 1 saturated carbocycles. The predicted molar refractivity (Wildman–Crippen MR) is 97.9 cm³/mol. The van der Waals surface area contributed by atoms with Gasteiger partial charge in [0.2, 0.25) is 11.8 Å². The minimum Gasteiger partial charge on any atom is -0.465 e. The molecule has 2 amide bonds. The molecule has 0 radical (unpaired) electrons. The van der Waals surface area contributed by atoms with Crippen LogP contribution in [0.2, 0.25) is 0 Å². The fraction of sp³-hybridized carbons (Fsp3) is 0.556. The molecule has 2 heterocycles. The zero-order valence-corrected chi connectivity index (χ0v) is 16.2. The Bertz CT molecular complexity index is 895. The third-order valence-corrected chi connectivity index (χ3v) is 5.01. The van der Waals surface area contributed by atoms with E-state index in [-0.39, 0.29) is 24.1 Å². The standard InChI is InChI=1S/C18H22F3N5O4/c1-10-9-22-16(30-10)8-15(27)23-14-7-13(24-25-14)11-2-3-12(6-11)26(17(28)29)5-4-18(19,20)21/h7,9,11-12H,2-6,8H2,1H3,(H,28,29)(H2,23,24,25,27). The molecule has 2 atom stereocenters. The number of aromatic amines is 1. The van der Waals surface area contributed by atoms with Crippen molar-refractivity contribution in [1.82, 2.24) is 20.1 Å². The molecule has 164 valence electrons. The largest absolute Gasteiger partial charge is 0.465 e. The van der Waals surface area contributed by atoms with Gasteiger partial charge in [0, 0.05) is 30.3 Å². The molecule has 0 aliphatic heterocycles. The number of carbonyl (C=O) groups excluding carboxylic acids is 1. The summed E-state index contributed by atoms with van der Waals surface area (Å²) in [6.45, 7) is 1.14. The van der Waals surface area contributed by atoms with Gasteiger partial charge in [0.15, 0.2) is 5.82 Å². The Morgan fingerprint density at radius 3 is 2.80 bits per heavy atom. The maximum Gasteiger partial charge on any atom is 0.407 e. The smallest absolute Gasteiger partial charge is 0.407 e. The van der Waals surface area contributed by atoms with Crippen LogP contribution >= 0.6 is 0 Å². The van der Waals surface area contributed by atoms with Crippen LogP contribution in [0.5, 0.6) is 0 Å². The summed E-state index contributed by atoms with van der Waals surface area (Å²) in [6.07, 6.45) is -4.03. The number of amides is 2. The van der Waals surface area contributed by atoms with Crippen molar-refractivity contribution in [3.63, 3.8) is 0 Å². The molecule has 1 fully saturated rings. The quantitative estimate of drug-likeness (QED) is 0.619. The number of halogens is 3. The first-order chi connectivity index (χ1) is 14.1. The number of nitrogens with one attached hydrogen (secondary N) is 2. The van der Waals surface area contributed by atoms with Crippen molar-refractivity contribution in [3.05, 3.63) is 29.6 Å². The molecule has 0 bridgehead atoms. The maximum atomic E-state index is 12.5. The molecule has 0 saturated heterocycles. The van der Waals surface area contributed by atoms with E-state index in [1.807, 2.05) is 0 Å². The van der Waals surface area contributed by atoms with Gasteiger partial charge in [0.25, 0.3) is 0 Å². The van der Waals surface area contributed by atoms with Crippen LogP contribution in [0.25, 0.3) is 0 Å². The first-order valence-corrected chi connectivity index (χ1v) is 9.43. The highest BCUT2D eigenvalue weighted by atomic mass is 19.4. The summed E-state index contributed by atoms with van der Waals surface area (Å²) >= 11 is 0. The van der Waals surface area contributed by atoms with Crippen LogP contribution in [0.1, 0.15) is 48.9 Å². The fourth-order valence-electron chi connectivity index (χ4n) is 3.62. The lowest BCUT2D eigenvalue weighted by Crippen LogP contribution is -2.40. The van der Waals surface area contributed by atoms with Crippen LogP contribution in [-0.2, 0) is 11.2 Å². The molecule has 0 aromatic carbocycles. The van der Waals surface area contributed by atoms with E-state index in [2.05, 4.69) is 20.5 Å². The Kier molecular flexibility index (Phi) is 6.32. The topological polar surface area (TPSA) is 124 Å². The van der Waals surface area contributed by atoms with E-state index in [4.69, 9.17) is 4.42 Å². The number of H-pyrrole nitrogens is 1. The highest BCUT2D eigenvalue weighted by Crippen LogP contribution is 2.37. The molecular weight excluding hydrogens is 407 g/mol. The van der Waals surface area contributed by atoms with Gasteiger partial charge in [-0.2, -0.15) is 18.3 Å². The van der Waals surface area contributed by atoms with E-state index < -0.39 is 31.3 Å². The number of carboxylic acid groups (broad SMARTS) is 1. The molecule has 1 aliphatic carbocycles. The number of oxazole rings is 1. The maximum absolute atomic E-state index is 12.5. The normalized spacial score (nSPS) is 19.1. The third-order valence-electron chi connectivity index (χ3n) is 5.01. The number of alkyl halides is 3. The van der Waals surface area contributed by atoms with E-state index in [0.29, 0.717) is 36.5 Å². The number of aromatic nitrogens is 3. The number of nitrogens with zero attached hydrogens (tertiary/aromatic N) is 3. The highest BCUT2D eigenvalue weighted by Gasteiger charge is 2.36. The van der Waals surface area contributed by atoms with Gasteiger partial charge in [-0.3, -0.25) is 9.89 Å². The average molecular weight is 429 g/mol. The second-order valence-corrected chi connectivity index (χ2v) is 7.30. The lowest BCUT2D eigenvalue weighted by Gasteiger charge is -2.26. The molecule has 1 aliphatic rings.